The average molecular weight is 240 g/mol. The zero-order valence-electron chi connectivity index (χ0n) is 9.90. The van der Waals surface area contributed by atoms with E-state index in [1.807, 2.05) is 20.8 Å². The summed E-state index contributed by atoms with van der Waals surface area (Å²) < 4.78 is 11.7. The molecule has 5 heteroatoms. The van der Waals surface area contributed by atoms with Gasteiger partial charge in [0.1, 0.15) is 10.6 Å². The number of hydrogen-bond acceptors (Lipinski definition) is 3. The maximum Gasteiger partial charge on any atom is 0.246 e. The average Bonchev–Trinajstić information content (AvgIpc) is 2.14. The second-order valence-corrected chi connectivity index (χ2v) is 6.60. The molecule has 0 aliphatic rings. The Balaban J connectivity index is 2.94. The largest absolute Gasteiger partial charge is 0.610 e. The van der Waals surface area contributed by atoms with Gasteiger partial charge in [-0.25, -0.2) is 0 Å². The molecule has 0 aliphatic carbocycles. The minimum atomic E-state index is -1.19. The summed E-state index contributed by atoms with van der Waals surface area (Å²) in [5.41, 5.74) is 0. The number of anilines is 1. The summed E-state index contributed by atoms with van der Waals surface area (Å²) in [5, 5.41) is 3.05. The van der Waals surface area contributed by atoms with Gasteiger partial charge in [-0.2, -0.15) is 4.98 Å². The Morgan fingerprint density at radius 1 is 1.44 bits per heavy atom. The Kier molecular flexibility index (Phi) is 3.93. The van der Waals surface area contributed by atoms with Crippen LogP contribution in [0.25, 0.3) is 0 Å². The third kappa shape index (κ3) is 3.50. The Morgan fingerprint density at radius 3 is 2.56 bits per heavy atom. The lowest BCUT2D eigenvalue weighted by Gasteiger charge is -2.22. The van der Waals surface area contributed by atoms with Crippen LogP contribution in [0, 0.1) is 0 Å². The smallest absolute Gasteiger partial charge is 0.246 e. The van der Waals surface area contributed by atoms with E-state index in [4.69, 9.17) is 0 Å². The maximum absolute atomic E-state index is 12.0. The van der Waals surface area contributed by atoms with Gasteiger partial charge in [0.15, 0.2) is 0 Å². The Bertz CT molecular complexity index is 388. The molecular formula is C11H16N2O2S. The third-order valence-electron chi connectivity index (χ3n) is 1.77. The minimum absolute atomic E-state index is 0.189. The number of hydrogen-bond donors (Lipinski definition) is 1. The fourth-order valence-electron chi connectivity index (χ4n) is 1.08. The van der Waals surface area contributed by atoms with Gasteiger partial charge in [-0.1, -0.05) is 6.07 Å². The van der Waals surface area contributed by atoms with E-state index >= 15 is 0 Å². The van der Waals surface area contributed by atoms with Gasteiger partial charge in [0.25, 0.3) is 0 Å². The van der Waals surface area contributed by atoms with E-state index in [2.05, 4.69) is 10.3 Å². The van der Waals surface area contributed by atoms with E-state index in [0.717, 1.165) is 0 Å². The zero-order valence-corrected chi connectivity index (χ0v) is 10.7. The van der Waals surface area contributed by atoms with Crippen LogP contribution in [0.4, 0.5) is 5.82 Å². The molecule has 88 valence electrons. The molecule has 1 heterocycles. The highest BCUT2D eigenvalue weighted by Crippen LogP contribution is 2.23. The van der Waals surface area contributed by atoms with E-state index in [1.54, 1.807) is 18.2 Å². The Labute approximate surface area is 98.6 Å². The van der Waals surface area contributed by atoms with Crippen molar-refractivity contribution in [1.29, 1.82) is 0 Å². The molecule has 16 heavy (non-hydrogen) atoms. The lowest BCUT2D eigenvalue weighted by atomic mass is 10.3. The van der Waals surface area contributed by atoms with Gasteiger partial charge in [0, 0.05) is 24.2 Å². The molecule has 1 aromatic heterocycles. The molecular weight excluding hydrogens is 224 g/mol. The predicted octanol–water partition coefficient (Wildman–Crippen LogP) is 1.95. The SMILES string of the molecule is CC(=O)Nc1cccc([S+]([O-])C(C)(C)C)n1. The van der Waals surface area contributed by atoms with Crippen molar-refractivity contribution in [2.75, 3.05) is 5.32 Å². The van der Waals surface area contributed by atoms with Crippen molar-refractivity contribution in [2.24, 2.45) is 0 Å². The number of carbonyl (C=O) groups is 1. The van der Waals surface area contributed by atoms with Gasteiger partial charge >= 0.3 is 0 Å². The van der Waals surface area contributed by atoms with Crippen LogP contribution >= 0.6 is 0 Å². The molecule has 4 nitrogen and oxygen atoms in total. The van der Waals surface area contributed by atoms with Crippen LogP contribution in [-0.2, 0) is 16.0 Å². The molecule has 0 fully saturated rings. The van der Waals surface area contributed by atoms with Crippen molar-refractivity contribution in [1.82, 2.24) is 4.98 Å². The highest BCUT2D eigenvalue weighted by molar-refractivity contribution is 7.92. The molecule has 1 amide bonds. The normalized spacial score (nSPS) is 13.3. The second-order valence-electron chi connectivity index (χ2n) is 4.42. The first-order valence-corrected chi connectivity index (χ1v) is 6.12. The summed E-state index contributed by atoms with van der Waals surface area (Å²) in [4.78, 5) is 15.0. The molecule has 1 atom stereocenters. The van der Waals surface area contributed by atoms with Crippen LogP contribution in [0.3, 0.4) is 0 Å². The molecule has 1 rings (SSSR count). The van der Waals surface area contributed by atoms with Crippen LogP contribution in [0.1, 0.15) is 27.7 Å². The first-order valence-electron chi connectivity index (χ1n) is 4.97. The number of rotatable bonds is 2. The summed E-state index contributed by atoms with van der Waals surface area (Å²) in [6.07, 6.45) is 0. The second kappa shape index (κ2) is 4.84. The van der Waals surface area contributed by atoms with Crippen molar-refractivity contribution in [3.63, 3.8) is 0 Å². The number of pyridine rings is 1. The van der Waals surface area contributed by atoms with E-state index < -0.39 is 11.2 Å². The van der Waals surface area contributed by atoms with Gasteiger partial charge in [-0.3, -0.25) is 4.79 Å². The maximum atomic E-state index is 12.0. The van der Waals surface area contributed by atoms with E-state index in [-0.39, 0.29) is 10.7 Å². The van der Waals surface area contributed by atoms with Crippen molar-refractivity contribution in [2.45, 2.75) is 37.5 Å². The molecule has 0 spiro atoms. The van der Waals surface area contributed by atoms with E-state index in [1.165, 1.54) is 6.92 Å². The van der Waals surface area contributed by atoms with Crippen molar-refractivity contribution in [3.8, 4) is 0 Å². The molecule has 0 saturated carbocycles. The van der Waals surface area contributed by atoms with Crippen LogP contribution < -0.4 is 5.32 Å². The quantitative estimate of drug-likeness (QED) is 0.803. The predicted molar refractivity (Wildman–Crippen MR) is 64.7 cm³/mol. The van der Waals surface area contributed by atoms with Gasteiger partial charge in [0.2, 0.25) is 10.9 Å². The van der Waals surface area contributed by atoms with E-state index in [9.17, 15) is 9.35 Å². The fraction of sp³-hybridized carbons (Fsp3) is 0.455. The van der Waals surface area contributed by atoms with Crippen molar-refractivity contribution < 1.29 is 9.35 Å². The summed E-state index contributed by atoms with van der Waals surface area (Å²) in [6, 6.07) is 5.11. The Morgan fingerprint density at radius 2 is 2.06 bits per heavy atom. The molecule has 1 unspecified atom stereocenters. The summed E-state index contributed by atoms with van der Waals surface area (Å²) in [7, 11) is 0. The van der Waals surface area contributed by atoms with Crippen LogP contribution in [0.5, 0.6) is 0 Å². The van der Waals surface area contributed by atoms with Gasteiger partial charge in [-0.05, 0) is 26.8 Å². The number of aromatic nitrogens is 1. The number of amides is 1. The van der Waals surface area contributed by atoms with Gasteiger partial charge in [-0.15, -0.1) is 0 Å². The van der Waals surface area contributed by atoms with Crippen LogP contribution in [-0.4, -0.2) is 20.2 Å². The highest BCUT2D eigenvalue weighted by Gasteiger charge is 2.29. The first-order chi connectivity index (χ1) is 7.30. The highest BCUT2D eigenvalue weighted by atomic mass is 32.2. The van der Waals surface area contributed by atoms with Crippen LogP contribution in [0.15, 0.2) is 23.2 Å². The van der Waals surface area contributed by atoms with Crippen LogP contribution in [0.2, 0.25) is 0 Å². The van der Waals surface area contributed by atoms with Crippen molar-refractivity contribution >= 4 is 22.9 Å². The lowest BCUT2D eigenvalue weighted by Crippen LogP contribution is -2.28. The third-order valence-corrected chi connectivity index (χ3v) is 3.49. The monoisotopic (exact) mass is 240 g/mol. The molecule has 0 aromatic carbocycles. The van der Waals surface area contributed by atoms with Gasteiger partial charge in [0.05, 0.1) is 0 Å². The molecule has 1 N–H and O–H groups in total. The lowest BCUT2D eigenvalue weighted by molar-refractivity contribution is -0.114. The number of nitrogens with one attached hydrogen (secondary N) is 1. The molecule has 1 aromatic rings. The van der Waals surface area contributed by atoms with Crippen molar-refractivity contribution in [3.05, 3.63) is 18.2 Å². The minimum Gasteiger partial charge on any atom is -0.610 e. The fourth-order valence-corrected chi connectivity index (χ4v) is 2.09. The topological polar surface area (TPSA) is 65.0 Å². The number of nitrogens with zero attached hydrogens (tertiary/aromatic N) is 1. The summed E-state index contributed by atoms with van der Waals surface area (Å²) in [6.45, 7) is 7.07. The molecule has 0 bridgehead atoms. The zero-order chi connectivity index (χ0) is 12.3. The summed E-state index contributed by atoms with van der Waals surface area (Å²) in [5.74, 6) is 0.244. The molecule has 0 radical (unpaired) electrons. The number of carbonyl (C=O) groups excluding carboxylic acids is 1. The standard InChI is InChI=1S/C11H16N2O2S/c1-8(14)12-9-6-5-7-10(13-9)16(15)11(2,3)4/h5-7H,1-4H3,(H,12,13,14). The van der Waals surface area contributed by atoms with Gasteiger partial charge < -0.3 is 9.87 Å². The molecule has 0 aliphatic heterocycles. The Hall–Kier alpha value is -1.07. The first kappa shape index (κ1) is 13.0. The summed E-state index contributed by atoms with van der Waals surface area (Å²) >= 11 is -1.19. The van der Waals surface area contributed by atoms with E-state index in [0.29, 0.717) is 10.8 Å². The molecule has 0 saturated heterocycles.